The summed E-state index contributed by atoms with van der Waals surface area (Å²) in [6, 6.07) is 3.42. The highest BCUT2D eigenvalue weighted by atomic mass is 35.5. The molecule has 1 aromatic carbocycles. The normalized spacial score (nSPS) is 12.0. The fourth-order valence-corrected chi connectivity index (χ4v) is 2.90. The molecule has 0 aliphatic rings. The molecule has 1 aromatic heterocycles. The Bertz CT molecular complexity index is 691. The van der Waals surface area contributed by atoms with Crippen LogP contribution in [-0.4, -0.2) is 36.5 Å². The number of sulfonamides is 1. The lowest BCUT2D eigenvalue weighted by molar-refractivity contribution is 0.404. The second kappa shape index (κ2) is 5.86. The van der Waals surface area contributed by atoms with Crippen LogP contribution in [0.2, 0.25) is 5.02 Å². The Labute approximate surface area is 120 Å². The van der Waals surface area contributed by atoms with E-state index in [1.54, 1.807) is 0 Å². The van der Waals surface area contributed by atoms with Gasteiger partial charge in [-0.3, -0.25) is 0 Å². The Morgan fingerprint density at radius 1 is 1.45 bits per heavy atom. The second-order valence-electron chi connectivity index (χ2n) is 4.00. The van der Waals surface area contributed by atoms with E-state index in [2.05, 4.69) is 14.7 Å². The Hall–Kier alpha value is -1.51. The van der Waals surface area contributed by atoms with E-state index in [4.69, 9.17) is 11.6 Å². The summed E-state index contributed by atoms with van der Waals surface area (Å²) in [5.74, 6) is -0.507. The van der Waals surface area contributed by atoms with Crippen molar-refractivity contribution in [1.82, 2.24) is 14.4 Å². The molecule has 2 rings (SSSR count). The van der Waals surface area contributed by atoms with Crippen LogP contribution in [0.25, 0.3) is 0 Å². The average Bonchev–Trinajstić information content (AvgIpc) is 2.88. The minimum atomic E-state index is -3.93. The lowest BCUT2D eigenvalue weighted by Gasteiger charge is -2.16. The third kappa shape index (κ3) is 3.14. The first-order chi connectivity index (χ1) is 9.41. The van der Waals surface area contributed by atoms with E-state index in [9.17, 15) is 12.8 Å². The van der Waals surface area contributed by atoms with Gasteiger partial charge in [0.05, 0.1) is 0 Å². The molecule has 0 spiro atoms. The summed E-state index contributed by atoms with van der Waals surface area (Å²) < 4.78 is 43.7. The fourth-order valence-electron chi connectivity index (χ4n) is 1.53. The number of aromatic nitrogens is 2. The standard InChI is InChI=1S/C11H11ClFN3O3S/c1-16(5-4-11-14-7-19-15-11)20(17,18)10-3-2-8(12)6-9(10)13/h2-3,6-7H,4-5H2,1H3. The van der Waals surface area contributed by atoms with Gasteiger partial charge in [0.2, 0.25) is 16.4 Å². The molecular weight excluding hydrogens is 309 g/mol. The molecule has 0 unspecified atom stereocenters. The Kier molecular flexibility index (Phi) is 4.36. The van der Waals surface area contributed by atoms with Gasteiger partial charge >= 0.3 is 0 Å². The van der Waals surface area contributed by atoms with Gasteiger partial charge < -0.3 is 4.52 Å². The molecule has 108 valence electrons. The van der Waals surface area contributed by atoms with Gasteiger partial charge in [-0.25, -0.2) is 17.1 Å². The first kappa shape index (κ1) is 14.9. The zero-order valence-corrected chi connectivity index (χ0v) is 12.0. The van der Waals surface area contributed by atoms with Crippen LogP contribution in [-0.2, 0) is 16.4 Å². The topological polar surface area (TPSA) is 76.3 Å². The van der Waals surface area contributed by atoms with E-state index >= 15 is 0 Å². The highest BCUT2D eigenvalue weighted by Crippen LogP contribution is 2.21. The largest absolute Gasteiger partial charge is 0.343 e. The van der Waals surface area contributed by atoms with Crippen LogP contribution in [0.3, 0.4) is 0 Å². The maximum Gasteiger partial charge on any atom is 0.245 e. The summed E-state index contributed by atoms with van der Waals surface area (Å²) in [5, 5.41) is 3.71. The zero-order valence-electron chi connectivity index (χ0n) is 10.5. The van der Waals surface area contributed by atoms with E-state index in [1.165, 1.54) is 13.1 Å². The number of likely N-dealkylation sites (N-methyl/N-ethyl adjacent to an activating group) is 1. The summed E-state index contributed by atoms with van der Waals surface area (Å²) in [6.07, 6.45) is 1.42. The quantitative estimate of drug-likeness (QED) is 0.838. The third-order valence-corrected chi connectivity index (χ3v) is 4.76. The van der Waals surface area contributed by atoms with E-state index in [-0.39, 0.29) is 18.0 Å². The van der Waals surface area contributed by atoms with Crippen LogP contribution in [0, 0.1) is 5.82 Å². The summed E-state index contributed by atoms with van der Waals surface area (Å²) in [7, 11) is -2.58. The summed E-state index contributed by atoms with van der Waals surface area (Å²) >= 11 is 5.60. The number of halogens is 2. The van der Waals surface area contributed by atoms with Gasteiger partial charge in [-0.1, -0.05) is 16.8 Å². The van der Waals surface area contributed by atoms with E-state index in [1.807, 2.05) is 0 Å². The van der Waals surface area contributed by atoms with Crippen LogP contribution < -0.4 is 0 Å². The predicted molar refractivity (Wildman–Crippen MR) is 69.2 cm³/mol. The molecule has 0 N–H and O–H groups in total. The first-order valence-electron chi connectivity index (χ1n) is 5.58. The molecule has 0 aliphatic carbocycles. The maximum atomic E-state index is 13.7. The van der Waals surface area contributed by atoms with Crippen molar-refractivity contribution in [3.05, 3.63) is 41.3 Å². The molecule has 0 saturated heterocycles. The van der Waals surface area contributed by atoms with Crippen molar-refractivity contribution >= 4 is 21.6 Å². The Morgan fingerprint density at radius 3 is 2.80 bits per heavy atom. The second-order valence-corrected chi connectivity index (χ2v) is 6.45. The number of benzene rings is 1. The maximum absolute atomic E-state index is 13.7. The van der Waals surface area contributed by atoms with Gasteiger partial charge in [-0.15, -0.1) is 0 Å². The number of hydrogen-bond donors (Lipinski definition) is 0. The van der Waals surface area contributed by atoms with Crippen molar-refractivity contribution in [1.29, 1.82) is 0 Å². The third-order valence-electron chi connectivity index (χ3n) is 2.64. The Balaban J connectivity index is 2.16. The van der Waals surface area contributed by atoms with Crippen molar-refractivity contribution in [2.24, 2.45) is 0 Å². The minimum Gasteiger partial charge on any atom is -0.343 e. The molecule has 0 atom stereocenters. The monoisotopic (exact) mass is 319 g/mol. The van der Waals surface area contributed by atoms with Gasteiger partial charge in [0.25, 0.3) is 0 Å². The van der Waals surface area contributed by atoms with Crippen molar-refractivity contribution in [2.45, 2.75) is 11.3 Å². The average molecular weight is 320 g/mol. The molecule has 20 heavy (non-hydrogen) atoms. The lowest BCUT2D eigenvalue weighted by atomic mass is 10.3. The number of nitrogens with zero attached hydrogens (tertiary/aromatic N) is 3. The fraction of sp³-hybridized carbons (Fsp3) is 0.273. The smallest absolute Gasteiger partial charge is 0.245 e. The van der Waals surface area contributed by atoms with Crippen molar-refractivity contribution < 1.29 is 17.3 Å². The van der Waals surface area contributed by atoms with Crippen LogP contribution >= 0.6 is 11.6 Å². The molecule has 6 nitrogen and oxygen atoms in total. The van der Waals surface area contributed by atoms with Crippen LogP contribution in [0.4, 0.5) is 4.39 Å². The molecule has 0 aliphatic heterocycles. The molecule has 0 saturated carbocycles. The van der Waals surface area contributed by atoms with Crippen LogP contribution in [0.1, 0.15) is 5.82 Å². The zero-order chi connectivity index (χ0) is 14.8. The van der Waals surface area contributed by atoms with Gasteiger partial charge in [0, 0.05) is 25.0 Å². The summed E-state index contributed by atoms with van der Waals surface area (Å²) in [5.41, 5.74) is 0. The minimum absolute atomic E-state index is 0.101. The van der Waals surface area contributed by atoms with Crippen LogP contribution in [0.15, 0.2) is 34.0 Å². The highest BCUT2D eigenvalue weighted by molar-refractivity contribution is 7.89. The summed E-state index contributed by atoms with van der Waals surface area (Å²) in [4.78, 5) is 3.36. The van der Waals surface area contributed by atoms with E-state index in [0.29, 0.717) is 5.82 Å². The number of hydrogen-bond acceptors (Lipinski definition) is 5. The van der Waals surface area contributed by atoms with Gasteiger partial charge in [0.15, 0.2) is 5.82 Å². The molecular formula is C11H11ClFN3O3S. The molecule has 0 bridgehead atoms. The Morgan fingerprint density at radius 2 is 2.20 bits per heavy atom. The predicted octanol–water partition coefficient (Wildman–Crippen LogP) is 1.73. The van der Waals surface area contributed by atoms with Crippen molar-refractivity contribution in [2.75, 3.05) is 13.6 Å². The van der Waals surface area contributed by atoms with Gasteiger partial charge in [0.1, 0.15) is 10.7 Å². The summed E-state index contributed by atoms with van der Waals surface area (Å²) in [6.45, 7) is 0.101. The molecule has 0 amide bonds. The van der Waals surface area contributed by atoms with E-state index in [0.717, 1.165) is 22.8 Å². The van der Waals surface area contributed by atoms with E-state index < -0.39 is 20.7 Å². The first-order valence-corrected chi connectivity index (χ1v) is 7.39. The molecule has 9 heteroatoms. The molecule has 0 fully saturated rings. The molecule has 1 heterocycles. The van der Waals surface area contributed by atoms with Crippen molar-refractivity contribution in [3.63, 3.8) is 0 Å². The van der Waals surface area contributed by atoms with Gasteiger partial charge in [-0.05, 0) is 18.2 Å². The lowest BCUT2D eigenvalue weighted by Crippen LogP contribution is -2.29. The molecule has 2 aromatic rings. The van der Waals surface area contributed by atoms with Crippen LogP contribution in [0.5, 0.6) is 0 Å². The highest BCUT2D eigenvalue weighted by Gasteiger charge is 2.24. The van der Waals surface area contributed by atoms with Crippen molar-refractivity contribution in [3.8, 4) is 0 Å². The number of rotatable bonds is 5. The SMILES string of the molecule is CN(CCc1ncon1)S(=O)(=O)c1ccc(Cl)cc1F. The van der Waals surface area contributed by atoms with Gasteiger partial charge in [-0.2, -0.15) is 4.98 Å². The molecule has 0 radical (unpaired) electrons.